The molecule has 0 bridgehead atoms. The van der Waals surface area contributed by atoms with Gasteiger partial charge in [0.15, 0.2) is 11.5 Å². The summed E-state index contributed by atoms with van der Waals surface area (Å²) in [6, 6.07) is 3.54. The molecule has 96 valence electrons. The summed E-state index contributed by atoms with van der Waals surface area (Å²) in [5.41, 5.74) is 1.41. The molecule has 0 saturated carbocycles. The molecular weight excluding hydrogens is 236 g/mol. The van der Waals surface area contributed by atoms with E-state index in [1.807, 2.05) is 0 Å². The van der Waals surface area contributed by atoms with Crippen LogP contribution in [0.1, 0.15) is 5.69 Å². The number of benzene rings is 1. The number of methoxy groups -OCH3 is 3. The van der Waals surface area contributed by atoms with E-state index in [9.17, 15) is 4.79 Å². The fourth-order valence-electron chi connectivity index (χ4n) is 1.74. The molecule has 0 atom stereocenters. The summed E-state index contributed by atoms with van der Waals surface area (Å²) in [6.45, 7) is 0. The molecule has 0 radical (unpaired) electrons. The van der Waals surface area contributed by atoms with E-state index in [0.717, 1.165) is 5.39 Å². The van der Waals surface area contributed by atoms with Crippen LogP contribution in [-0.4, -0.2) is 37.5 Å². The highest BCUT2D eigenvalue weighted by molar-refractivity contribution is 5.88. The maximum absolute atomic E-state index is 11.3. The van der Waals surface area contributed by atoms with Crippen LogP contribution in [0.5, 0.6) is 11.5 Å². The fraction of sp³-hybridized carbons (Fsp3) is 0.333. The molecule has 2 rings (SSSR count). The van der Waals surface area contributed by atoms with E-state index in [2.05, 4.69) is 14.9 Å². The second-order valence-electron chi connectivity index (χ2n) is 3.68. The van der Waals surface area contributed by atoms with E-state index < -0.39 is 0 Å². The predicted molar refractivity (Wildman–Crippen MR) is 64.9 cm³/mol. The van der Waals surface area contributed by atoms with Crippen LogP contribution in [0.3, 0.4) is 0 Å². The minimum atomic E-state index is -0.324. The molecule has 1 aromatic heterocycles. The predicted octanol–water partition coefficient (Wildman–Crippen LogP) is 1.30. The third-order valence-electron chi connectivity index (χ3n) is 2.69. The first-order valence-corrected chi connectivity index (χ1v) is 5.35. The van der Waals surface area contributed by atoms with Gasteiger partial charge in [0, 0.05) is 11.5 Å². The Balaban J connectivity index is 2.48. The fourth-order valence-corrected chi connectivity index (χ4v) is 1.74. The average Bonchev–Trinajstić information content (AvgIpc) is 2.79. The van der Waals surface area contributed by atoms with Gasteiger partial charge < -0.3 is 14.2 Å². The molecule has 1 aromatic carbocycles. The first-order chi connectivity index (χ1) is 8.69. The van der Waals surface area contributed by atoms with Crippen molar-refractivity contribution in [2.45, 2.75) is 6.42 Å². The summed E-state index contributed by atoms with van der Waals surface area (Å²) in [7, 11) is 4.47. The van der Waals surface area contributed by atoms with E-state index in [1.165, 1.54) is 7.11 Å². The Morgan fingerprint density at radius 3 is 2.50 bits per heavy atom. The molecule has 18 heavy (non-hydrogen) atoms. The molecule has 6 nitrogen and oxygen atoms in total. The lowest BCUT2D eigenvalue weighted by molar-refractivity contribution is -0.139. The zero-order valence-corrected chi connectivity index (χ0v) is 10.4. The Labute approximate surface area is 104 Å². The molecule has 1 heterocycles. The first-order valence-electron chi connectivity index (χ1n) is 5.35. The van der Waals surface area contributed by atoms with Crippen LogP contribution in [-0.2, 0) is 16.0 Å². The van der Waals surface area contributed by atoms with E-state index in [1.54, 1.807) is 26.4 Å². The van der Waals surface area contributed by atoms with Gasteiger partial charge >= 0.3 is 5.97 Å². The number of carbonyl (C=O) groups excluding carboxylic acids is 1. The monoisotopic (exact) mass is 250 g/mol. The summed E-state index contributed by atoms with van der Waals surface area (Å²) in [5.74, 6) is 0.869. The summed E-state index contributed by atoms with van der Waals surface area (Å²) in [4.78, 5) is 11.3. The molecule has 0 aliphatic heterocycles. The summed E-state index contributed by atoms with van der Waals surface area (Å²) in [6.07, 6.45) is 0.141. The lowest BCUT2D eigenvalue weighted by Crippen LogP contribution is -2.05. The van der Waals surface area contributed by atoms with Gasteiger partial charge in [0.25, 0.3) is 0 Å². The molecule has 0 spiro atoms. The van der Waals surface area contributed by atoms with Gasteiger partial charge in [-0.15, -0.1) is 0 Å². The van der Waals surface area contributed by atoms with Crippen molar-refractivity contribution in [3.05, 3.63) is 17.8 Å². The van der Waals surface area contributed by atoms with Crippen molar-refractivity contribution < 1.29 is 19.0 Å². The van der Waals surface area contributed by atoms with E-state index >= 15 is 0 Å². The van der Waals surface area contributed by atoms with Crippen molar-refractivity contribution in [3.8, 4) is 11.5 Å². The van der Waals surface area contributed by atoms with Crippen molar-refractivity contribution in [1.82, 2.24) is 10.2 Å². The van der Waals surface area contributed by atoms with Crippen LogP contribution < -0.4 is 9.47 Å². The summed E-state index contributed by atoms with van der Waals surface area (Å²) in [5, 5.41) is 7.76. The third-order valence-corrected chi connectivity index (χ3v) is 2.69. The number of aromatic amines is 1. The number of hydrogen-bond acceptors (Lipinski definition) is 5. The maximum atomic E-state index is 11.3. The molecule has 2 aromatic rings. The first kappa shape index (κ1) is 12.2. The van der Waals surface area contributed by atoms with E-state index in [0.29, 0.717) is 22.7 Å². The maximum Gasteiger partial charge on any atom is 0.311 e. The highest BCUT2D eigenvalue weighted by atomic mass is 16.5. The highest BCUT2D eigenvalue weighted by Crippen LogP contribution is 2.32. The van der Waals surface area contributed by atoms with Crippen LogP contribution in [0.2, 0.25) is 0 Å². The highest BCUT2D eigenvalue weighted by Gasteiger charge is 2.14. The topological polar surface area (TPSA) is 73.4 Å². The van der Waals surface area contributed by atoms with Gasteiger partial charge in [0.1, 0.15) is 0 Å². The molecular formula is C12H14N2O4. The van der Waals surface area contributed by atoms with Crippen molar-refractivity contribution >= 4 is 16.9 Å². The van der Waals surface area contributed by atoms with Crippen LogP contribution in [0.25, 0.3) is 10.9 Å². The molecule has 0 aliphatic carbocycles. The number of aromatic nitrogens is 2. The second kappa shape index (κ2) is 4.95. The van der Waals surface area contributed by atoms with Crippen molar-refractivity contribution in [2.24, 2.45) is 0 Å². The largest absolute Gasteiger partial charge is 0.493 e. The number of fused-ring (bicyclic) bond motifs is 1. The van der Waals surface area contributed by atoms with Gasteiger partial charge in [-0.2, -0.15) is 5.10 Å². The Hall–Kier alpha value is -2.24. The number of carbonyl (C=O) groups is 1. The zero-order valence-electron chi connectivity index (χ0n) is 10.4. The molecule has 0 fully saturated rings. The standard InChI is InChI=1S/C12H14N2O4/c1-16-10-4-7-8(5-11(10)17-2)13-14-9(7)6-12(15)18-3/h4-5H,6H2,1-3H3,(H,13,14). The number of ether oxygens (including phenoxy) is 3. The van der Waals surface area contributed by atoms with Gasteiger partial charge in [-0.25, -0.2) is 0 Å². The van der Waals surface area contributed by atoms with Crippen molar-refractivity contribution in [2.75, 3.05) is 21.3 Å². The van der Waals surface area contributed by atoms with E-state index in [-0.39, 0.29) is 12.4 Å². The lowest BCUT2D eigenvalue weighted by atomic mass is 10.1. The molecule has 6 heteroatoms. The van der Waals surface area contributed by atoms with Crippen molar-refractivity contribution in [3.63, 3.8) is 0 Å². The molecule has 0 saturated heterocycles. The van der Waals surface area contributed by atoms with Gasteiger partial charge in [0.2, 0.25) is 0 Å². The Morgan fingerprint density at radius 1 is 1.22 bits per heavy atom. The Morgan fingerprint density at radius 2 is 1.89 bits per heavy atom. The molecule has 1 N–H and O–H groups in total. The van der Waals surface area contributed by atoms with Crippen LogP contribution in [0, 0.1) is 0 Å². The minimum absolute atomic E-state index is 0.141. The average molecular weight is 250 g/mol. The van der Waals surface area contributed by atoms with Gasteiger partial charge in [-0.3, -0.25) is 9.89 Å². The van der Waals surface area contributed by atoms with Gasteiger partial charge in [0.05, 0.1) is 39.0 Å². The van der Waals surface area contributed by atoms with Crippen molar-refractivity contribution in [1.29, 1.82) is 0 Å². The van der Waals surface area contributed by atoms with E-state index in [4.69, 9.17) is 9.47 Å². The van der Waals surface area contributed by atoms with Crippen LogP contribution in [0.15, 0.2) is 12.1 Å². The number of nitrogens with zero attached hydrogens (tertiary/aromatic N) is 1. The van der Waals surface area contributed by atoms with Crippen LogP contribution >= 0.6 is 0 Å². The number of esters is 1. The number of nitrogens with one attached hydrogen (secondary N) is 1. The molecule has 0 aliphatic rings. The molecule has 0 unspecified atom stereocenters. The van der Waals surface area contributed by atoms with Gasteiger partial charge in [-0.1, -0.05) is 0 Å². The third kappa shape index (κ3) is 2.09. The Bertz CT molecular complexity index is 577. The number of hydrogen-bond donors (Lipinski definition) is 1. The quantitative estimate of drug-likeness (QED) is 0.828. The van der Waals surface area contributed by atoms with Crippen LogP contribution in [0.4, 0.5) is 0 Å². The second-order valence-corrected chi connectivity index (χ2v) is 3.68. The lowest BCUT2D eigenvalue weighted by Gasteiger charge is -2.07. The normalized spacial score (nSPS) is 10.4. The number of rotatable bonds is 4. The summed E-state index contributed by atoms with van der Waals surface area (Å²) >= 11 is 0. The zero-order chi connectivity index (χ0) is 13.1. The Kier molecular flexibility index (Phi) is 3.36. The number of H-pyrrole nitrogens is 1. The molecule has 0 amide bonds. The summed E-state index contributed by atoms with van der Waals surface area (Å²) < 4.78 is 15.0. The minimum Gasteiger partial charge on any atom is -0.493 e. The SMILES string of the molecule is COC(=O)Cc1[nH]nc2cc(OC)c(OC)cc12. The smallest absolute Gasteiger partial charge is 0.311 e. The van der Waals surface area contributed by atoms with Gasteiger partial charge in [-0.05, 0) is 6.07 Å².